The van der Waals surface area contributed by atoms with E-state index in [0.29, 0.717) is 11.7 Å². The van der Waals surface area contributed by atoms with Crippen molar-refractivity contribution < 1.29 is 0 Å². The maximum absolute atomic E-state index is 5.60. The largest absolute Gasteiger partial charge is 0.383 e. The third-order valence-electron chi connectivity index (χ3n) is 1.49. The summed E-state index contributed by atoms with van der Waals surface area (Å²) in [5.74, 6) is 1.09. The van der Waals surface area contributed by atoms with Gasteiger partial charge in [0.15, 0.2) is 0 Å². The number of rotatable bonds is 2. The van der Waals surface area contributed by atoms with Gasteiger partial charge in [-0.05, 0) is 28.3 Å². The number of nitrogens with zero attached hydrogens (tertiary/aromatic N) is 2. The molecule has 3 nitrogen and oxygen atoms in total. The molecule has 0 aliphatic carbocycles. The van der Waals surface area contributed by atoms with Gasteiger partial charge in [-0.2, -0.15) is 0 Å². The zero-order valence-corrected chi connectivity index (χ0v) is 8.80. The van der Waals surface area contributed by atoms with E-state index < -0.39 is 0 Å². The van der Waals surface area contributed by atoms with Crippen LogP contribution in [0.4, 0.5) is 5.82 Å². The molecule has 0 aliphatic heterocycles. The first-order chi connectivity index (χ1) is 5.61. The third kappa shape index (κ3) is 2.17. The molecule has 1 rings (SSSR count). The topological polar surface area (TPSA) is 51.8 Å². The van der Waals surface area contributed by atoms with Crippen LogP contribution in [0.15, 0.2) is 10.8 Å². The van der Waals surface area contributed by atoms with Crippen LogP contribution in [-0.2, 0) is 6.42 Å². The van der Waals surface area contributed by atoms with E-state index in [-0.39, 0.29) is 0 Å². The molecule has 0 amide bonds. The summed E-state index contributed by atoms with van der Waals surface area (Å²) in [5.41, 5.74) is 6.58. The lowest BCUT2D eigenvalue weighted by Gasteiger charge is -2.06. The van der Waals surface area contributed by atoms with Crippen molar-refractivity contribution in [2.45, 2.75) is 20.3 Å². The van der Waals surface area contributed by atoms with Crippen molar-refractivity contribution in [1.29, 1.82) is 0 Å². The highest BCUT2D eigenvalue weighted by atomic mass is 79.9. The molecule has 0 atom stereocenters. The van der Waals surface area contributed by atoms with E-state index in [0.717, 1.165) is 16.6 Å². The quantitative estimate of drug-likeness (QED) is 0.845. The van der Waals surface area contributed by atoms with Gasteiger partial charge in [0, 0.05) is 0 Å². The summed E-state index contributed by atoms with van der Waals surface area (Å²) >= 11 is 3.36. The van der Waals surface area contributed by atoms with Crippen molar-refractivity contribution in [2.75, 3.05) is 5.73 Å². The van der Waals surface area contributed by atoms with Crippen LogP contribution in [0.3, 0.4) is 0 Å². The van der Waals surface area contributed by atoms with E-state index in [1.54, 1.807) is 0 Å². The van der Waals surface area contributed by atoms with E-state index in [1.807, 2.05) is 0 Å². The van der Waals surface area contributed by atoms with Crippen molar-refractivity contribution in [3.05, 3.63) is 16.5 Å². The average molecular weight is 230 g/mol. The van der Waals surface area contributed by atoms with Gasteiger partial charge in [0.05, 0.1) is 10.2 Å². The van der Waals surface area contributed by atoms with Gasteiger partial charge in [0.25, 0.3) is 0 Å². The predicted octanol–water partition coefficient (Wildman–Crippen LogP) is 2.02. The molecule has 0 fully saturated rings. The van der Waals surface area contributed by atoms with E-state index in [1.165, 1.54) is 6.33 Å². The SMILES string of the molecule is CC(C)Cc1ncnc(N)c1Br. The summed E-state index contributed by atoms with van der Waals surface area (Å²) in [5, 5.41) is 0. The molecule has 1 aromatic heterocycles. The van der Waals surface area contributed by atoms with E-state index in [9.17, 15) is 0 Å². The second-order valence-corrected chi connectivity index (χ2v) is 3.91. The minimum absolute atomic E-state index is 0.514. The summed E-state index contributed by atoms with van der Waals surface area (Å²) in [6.07, 6.45) is 2.42. The predicted molar refractivity (Wildman–Crippen MR) is 52.7 cm³/mol. The Hall–Kier alpha value is -0.640. The molecule has 1 heterocycles. The van der Waals surface area contributed by atoms with Gasteiger partial charge < -0.3 is 5.73 Å². The van der Waals surface area contributed by atoms with E-state index >= 15 is 0 Å². The van der Waals surface area contributed by atoms with Crippen LogP contribution in [0.1, 0.15) is 19.5 Å². The Morgan fingerprint density at radius 3 is 2.75 bits per heavy atom. The van der Waals surface area contributed by atoms with Crippen molar-refractivity contribution in [3.8, 4) is 0 Å². The van der Waals surface area contributed by atoms with Crippen LogP contribution in [0.25, 0.3) is 0 Å². The lowest BCUT2D eigenvalue weighted by molar-refractivity contribution is 0.632. The Labute approximate surface area is 80.5 Å². The Morgan fingerprint density at radius 1 is 1.50 bits per heavy atom. The summed E-state index contributed by atoms with van der Waals surface area (Å²) in [6, 6.07) is 0. The maximum Gasteiger partial charge on any atom is 0.141 e. The van der Waals surface area contributed by atoms with Gasteiger partial charge in [0.2, 0.25) is 0 Å². The lowest BCUT2D eigenvalue weighted by atomic mass is 10.1. The van der Waals surface area contributed by atoms with Crippen molar-refractivity contribution in [3.63, 3.8) is 0 Å². The van der Waals surface area contributed by atoms with Gasteiger partial charge >= 0.3 is 0 Å². The number of nitrogen functional groups attached to an aromatic ring is 1. The summed E-state index contributed by atoms with van der Waals surface area (Å²) in [7, 11) is 0. The molecule has 0 saturated carbocycles. The Bertz CT molecular complexity index is 273. The Morgan fingerprint density at radius 2 is 2.17 bits per heavy atom. The van der Waals surface area contributed by atoms with Gasteiger partial charge in [-0.1, -0.05) is 13.8 Å². The number of hydrogen-bond acceptors (Lipinski definition) is 3. The highest BCUT2D eigenvalue weighted by Crippen LogP contribution is 2.21. The molecule has 0 saturated heterocycles. The molecule has 0 radical (unpaired) electrons. The highest BCUT2D eigenvalue weighted by Gasteiger charge is 2.06. The fourth-order valence-corrected chi connectivity index (χ4v) is 1.32. The number of hydrogen-bond donors (Lipinski definition) is 1. The van der Waals surface area contributed by atoms with Crippen LogP contribution < -0.4 is 5.73 Å². The second-order valence-electron chi connectivity index (χ2n) is 3.12. The molecule has 0 aliphatic rings. The van der Waals surface area contributed by atoms with Gasteiger partial charge in [-0.25, -0.2) is 9.97 Å². The molecular formula is C8H12BrN3. The van der Waals surface area contributed by atoms with E-state index in [2.05, 4.69) is 39.7 Å². The van der Waals surface area contributed by atoms with Gasteiger partial charge in [0.1, 0.15) is 12.1 Å². The fourth-order valence-electron chi connectivity index (χ4n) is 0.951. The van der Waals surface area contributed by atoms with Crippen molar-refractivity contribution >= 4 is 21.7 Å². The third-order valence-corrected chi connectivity index (χ3v) is 2.35. The van der Waals surface area contributed by atoms with Crippen molar-refractivity contribution in [1.82, 2.24) is 9.97 Å². The molecule has 0 aromatic carbocycles. The zero-order chi connectivity index (χ0) is 9.14. The lowest BCUT2D eigenvalue weighted by Crippen LogP contribution is -2.02. The zero-order valence-electron chi connectivity index (χ0n) is 7.21. The Kier molecular flexibility index (Phi) is 3.03. The van der Waals surface area contributed by atoms with Crippen LogP contribution in [0, 0.1) is 5.92 Å². The molecule has 66 valence electrons. The molecular weight excluding hydrogens is 218 g/mol. The van der Waals surface area contributed by atoms with Crippen LogP contribution in [-0.4, -0.2) is 9.97 Å². The minimum atomic E-state index is 0.514. The molecule has 2 N–H and O–H groups in total. The fraction of sp³-hybridized carbons (Fsp3) is 0.500. The van der Waals surface area contributed by atoms with E-state index in [4.69, 9.17) is 5.73 Å². The summed E-state index contributed by atoms with van der Waals surface area (Å²) in [4.78, 5) is 8.01. The second kappa shape index (κ2) is 3.85. The van der Waals surface area contributed by atoms with Crippen molar-refractivity contribution in [2.24, 2.45) is 5.92 Å². The molecule has 1 aromatic rings. The summed E-state index contributed by atoms with van der Waals surface area (Å²) < 4.78 is 0.832. The molecule has 4 heteroatoms. The molecule has 12 heavy (non-hydrogen) atoms. The number of halogens is 1. The average Bonchev–Trinajstić information content (AvgIpc) is 1.98. The monoisotopic (exact) mass is 229 g/mol. The van der Waals surface area contributed by atoms with Crippen LogP contribution in [0.2, 0.25) is 0 Å². The first-order valence-corrected chi connectivity index (χ1v) is 4.65. The first-order valence-electron chi connectivity index (χ1n) is 3.86. The van der Waals surface area contributed by atoms with Gasteiger partial charge in [-0.15, -0.1) is 0 Å². The first kappa shape index (κ1) is 9.45. The normalized spacial score (nSPS) is 10.7. The minimum Gasteiger partial charge on any atom is -0.383 e. The standard InChI is InChI=1S/C8H12BrN3/c1-5(2)3-6-7(9)8(10)12-4-11-6/h4-5H,3H2,1-2H3,(H2,10,11,12). The maximum atomic E-state index is 5.60. The molecule has 0 unspecified atom stereocenters. The number of anilines is 1. The highest BCUT2D eigenvalue weighted by molar-refractivity contribution is 9.10. The number of aromatic nitrogens is 2. The van der Waals surface area contributed by atoms with Crippen LogP contribution in [0.5, 0.6) is 0 Å². The molecule has 0 bridgehead atoms. The Balaban J connectivity index is 2.92. The number of nitrogens with two attached hydrogens (primary N) is 1. The smallest absolute Gasteiger partial charge is 0.141 e. The summed E-state index contributed by atoms with van der Waals surface area (Å²) in [6.45, 7) is 4.29. The van der Waals surface area contributed by atoms with Gasteiger partial charge in [-0.3, -0.25) is 0 Å². The molecule has 0 spiro atoms. The van der Waals surface area contributed by atoms with Crippen LogP contribution >= 0.6 is 15.9 Å².